The molecule has 2 atom stereocenters. The van der Waals surface area contributed by atoms with E-state index in [-0.39, 0.29) is 5.69 Å². The maximum Gasteiger partial charge on any atom is 0.354 e. The van der Waals surface area contributed by atoms with Crippen LogP contribution in [0, 0.1) is 11.8 Å². The Morgan fingerprint density at radius 2 is 1.95 bits per heavy atom. The van der Waals surface area contributed by atoms with E-state index >= 15 is 0 Å². The second kappa shape index (κ2) is 5.47. The first-order valence-corrected chi connectivity index (χ1v) is 6.72. The maximum absolute atomic E-state index is 10.9. The van der Waals surface area contributed by atoms with Crippen molar-refractivity contribution < 1.29 is 9.90 Å². The van der Waals surface area contributed by atoms with Gasteiger partial charge in [-0.2, -0.15) is 0 Å². The van der Waals surface area contributed by atoms with Crippen LogP contribution in [-0.4, -0.2) is 22.1 Å². The zero-order chi connectivity index (χ0) is 14.0. The molecule has 0 spiro atoms. The largest absolute Gasteiger partial charge is 0.477 e. The van der Waals surface area contributed by atoms with Gasteiger partial charge in [-0.15, -0.1) is 0 Å². The minimum absolute atomic E-state index is 0.0219. The average Bonchev–Trinajstić information content (AvgIpc) is 2.30. The molecule has 1 heterocycles. The van der Waals surface area contributed by atoms with Gasteiger partial charge in [-0.05, 0) is 43.2 Å². The van der Waals surface area contributed by atoms with Crippen molar-refractivity contribution in [3.63, 3.8) is 0 Å². The topological polar surface area (TPSA) is 88.2 Å². The fraction of sp³-hybridized carbons (Fsp3) is 0.571. The molecule has 4 N–H and O–H groups in total. The smallest absolute Gasteiger partial charge is 0.354 e. The van der Waals surface area contributed by atoms with Crippen LogP contribution < -0.4 is 11.1 Å². The summed E-state index contributed by atoms with van der Waals surface area (Å²) in [7, 11) is 0. The van der Waals surface area contributed by atoms with Gasteiger partial charge in [0, 0.05) is 6.04 Å². The molecular weight excluding hydrogens is 242 g/mol. The Morgan fingerprint density at radius 1 is 1.32 bits per heavy atom. The van der Waals surface area contributed by atoms with Gasteiger partial charge in [-0.3, -0.25) is 0 Å². The highest BCUT2D eigenvalue weighted by molar-refractivity contribution is 5.86. The molecule has 1 saturated carbocycles. The van der Waals surface area contributed by atoms with E-state index in [1.165, 1.54) is 12.5 Å². The minimum Gasteiger partial charge on any atom is -0.477 e. The third kappa shape index (κ3) is 3.36. The number of carboxylic acids is 1. The summed E-state index contributed by atoms with van der Waals surface area (Å²) < 4.78 is 0. The zero-order valence-electron chi connectivity index (χ0n) is 11.4. The summed E-state index contributed by atoms with van der Waals surface area (Å²) >= 11 is 0. The number of anilines is 2. The highest BCUT2D eigenvalue weighted by Gasteiger charge is 2.24. The maximum atomic E-state index is 10.9. The second-order valence-corrected chi connectivity index (χ2v) is 5.70. The number of hydrogen-bond donors (Lipinski definition) is 3. The first-order chi connectivity index (χ1) is 8.95. The number of nitrogens with zero attached hydrogens (tertiary/aromatic N) is 1. The van der Waals surface area contributed by atoms with Gasteiger partial charge in [-0.1, -0.05) is 13.8 Å². The highest BCUT2D eigenvalue weighted by Crippen LogP contribution is 2.31. The average molecular weight is 263 g/mol. The Labute approximate surface area is 113 Å². The van der Waals surface area contributed by atoms with Crippen LogP contribution >= 0.6 is 0 Å². The van der Waals surface area contributed by atoms with Crippen molar-refractivity contribution in [3.8, 4) is 0 Å². The summed E-state index contributed by atoms with van der Waals surface area (Å²) in [5.74, 6) is 0.801. The summed E-state index contributed by atoms with van der Waals surface area (Å²) in [5, 5.41) is 12.3. The zero-order valence-corrected chi connectivity index (χ0v) is 11.4. The van der Waals surface area contributed by atoms with E-state index in [1.54, 1.807) is 6.07 Å². The van der Waals surface area contributed by atoms with Crippen molar-refractivity contribution in [2.45, 2.75) is 39.2 Å². The second-order valence-electron chi connectivity index (χ2n) is 5.70. The number of carboxylic acid groups (broad SMARTS) is 1. The van der Waals surface area contributed by atoms with Crippen molar-refractivity contribution in [2.24, 2.45) is 11.8 Å². The van der Waals surface area contributed by atoms with E-state index in [2.05, 4.69) is 24.1 Å². The van der Waals surface area contributed by atoms with Gasteiger partial charge in [0.05, 0.1) is 5.69 Å². The Balaban J connectivity index is 2.13. The van der Waals surface area contributed by atoms with E-state index in [1.807, 2.05) is 0 Å². The summed E-state index contributed by atoms with van der Waals surface area (Å²) in [4.78, 5) is 15.0. The summed E-state index contributed by atoms with van der Waals surface area (Å²) in [5.41, 5.74) is 6.38. The molecule has 5 heteroatoms. The van der Waals surface area contributed by atoms with Gasteiger partial charge in [0.25, 0.3) is 0 Å². The Hall–Kier alpha value is -1.78. The van der Waals surface area contributed by atoms with Crippen LogP contribution in [0.15, 0.2) is 12.1 Å². The van der Waals surface area contributed by atoms with Crippen molar-refractivity contribution in [2.75, 3.05) is 11.1 Å². The first kappa shape index (κ1) is 13.6. The molecule has 0 aromatic carbocycles. The highest BCUT2D eigenvalue weighted by atomic mass is 16.4. The number of aromatic carboxylic acids is 1. The Bertz CT molecular complexity index is 466. The quantitative estimate of drug-likeness (QED) is 0.780. The number of nitrogen functional groups attached to an aromatic ring is 1. The van der Waals surface area contributed by atoms with Gasteiger partial charge in [0.1, 0.15) is 5.82 Å². The molecule has 2 unspecified atom stereocenters. The number of nitrogens with one attached hydrogen (secondary N) is 1. The van der Waals surface area contributed by atoms with Gasteiger partial charge in [0.15, 0.2) is 5.69 Å². The standard InChI is InChI=1S/C14H21N3O2/c1-8-5-9(2)7-10(6-8)16-13-11(15)3-4-12(17-13)14(18)19/h3-4,8-10H,5-7,15H2,1-2H3,(H,16,17)(H,18,19). The van der Waals surface area contributed by atoms with Crippen LogP contribution in [0.4, 0.5) is 11.5 Å². The summed E-state index contributed by atoms with van der Waals surface area (Å²) in [6.07, 6.45) is 3.39. The van der Waals surface area contributed by atoms with E-state index in [4.69, 9.17) is 10.8 Å². The third-order valence-corrected chi connectivity index (χ3v) is 3.66. The predicted molar refractivity (Wildman–Crippen MR) is 75.2 cm³/mol. The molecule has 0 aliphatic heterocycles. The number of nitrogens with two attached hydrogens (primary N) is 1. The van der Waals surface area contributed by atoms with E-state index in [9.17, 15) is 4.79 Å². The van der Waals surface area contributed by atoms with E-state index < -0.39 is 5.97 Å². The molecule has 1 aromatic heterocycles. The van der Waals surface area contributed by atoms with Gasteiger partial charge in [0.2, 0.25) is 0 Å². The number of rotatable bonds is 3. The molecule has 104 valence electrons. The number of carbonyl (C=O) groups is 1. The molecule has 0 radical (unpaired) electrons. The first-order valence-electron chi connectivity index (χ1n) is 6.72. The summed E-state index contributed by atoms with van der Waals surface area (Å²) in [6, 6.07) is 3.33. The van der Waals surface area contributed by atoms with Crippen LogP contribution in [0.25, 0.3) is 0 Å². The molecule has 1 fully saturated rings. The molecule has 1 aromatic rings. The van der Waals surface area contributed by atoms with Gasteiger partial charge < -0.3 is 16.2 Å². The Kier molecular flexibility index (Phi) is 3.93. The van der Waals surface area contributed by atoms with Crippen molar-refractivity contribution in [3.05, 3.63) is 17.8 Å². The molecule has 1 aliphatic carbocycles. The lowest BCUT2D eigenvalue weighted by Gasteiger charge is -2.32. The lowest BCUT2D eigenvalue weighted by molar-refractivity contribution is 0.0690. The third-order valence-electron chi connectivity index (χ3n) is 3.66. The van der Waals surface area contributed by atoms with Crippen LogP contribution in [0.3, 0.4) is 0 Å². The molecule has 5 nitrogen and oxygen atoms in total. The van der Waals surface area contributed by atoms with E-state index in [0.29, 0.717) is 29.4 Å². The van der Waals surface area contributed by atoms with Crippen molar-refractivity contribution in [1.82, 2.24) is 4.98 Å². The molecule has 1 aliphatic rings. The van der Waals surface area contributed by atoms with Crippen LogP contribution in [0.2, 0.25) is 0 Å². The molecule has 0 amide bonds. The lowest BCUT2D eigenvalue weighted by atomic mass is 9.80. The molecule has 0 saturated heterocycles. The van der Waals surface area contributed by atoms with Crippen LogP contribution in [-0.2, 0) is 0 Å². The number of pyridine rings is 1. The van der Waals surface area contributed by atoms with Gasteiger partial charge in [-0.25, -0.2) is 9.78 Å². The fourth-order valence-electron chi connectivity index (χ4n) is 2.96. The minimum atomic E-state index is -1.03. The Morgan fingerprint density at radius 3 is 2.53 bits per heavy atom. The molecular formula is C14H21N3O2. The summed E-state index contributed by atoms with van der Waals surface area (Å²) in [6.45, 7) is 4.49. The normalized spacial score (nSPS) is 26.9. The fourth-order valence-corrected chi connectivity index (χ4v) is 2.96. The monoisotopic (exact) mass is 263 g/mol. The van der Waals surface area contributed by atoms with E-state index in [0.717, 1.165) is 12.8 Å². The molecule has 19 heavy (non-hydrogen) atoms. The van der Waals surface area contributed by atoms with Crippen LogP contribution in [0.1, 0.15) is 43.6 Å². The number of aromatic nitrogens is 1. The van der Waals surface area contributed by atoms with Crippen molar-refractivity contribution in [1.29, 1.82) is 0 Å². The van der Waals surface area contributed by atoms with Crippen molar-refractivity contribution >= 4 is 17.5 Å². The SMILES string of the molecule is CC1CC(C)CC(Nc2nc(C(=O)O)ccc2N)C1. The number of hydrogen-bond acceptors (Lipinski definition) is 4. The predicted octanol–water partition coefficient (Wildman–Crippen LogP) is 2.60. The molecule has 0 bridgehead atoms. The van der Waals surface area contributed by atoms with Crippen LogP contribution in [0.5, 0.6) is 0 Å². The lowest BCUT2D eigenvalue weighted by Crippen LogP contribution is -2.31. The van der Waals surface area contributed by atoms with Gasteiger partial charge >= 0.3 is 5.97 Å². The molecule has 2 rings (SSSR count).